The van der Waals surface area contributed by atoms with Crippen molar-refractivity contribution in [2.24, 2.45) is 0 Å². The van der Waals surface area contributed by atoms with E-state index in [1.54, 1.807) is 44.7 Å². The number of esters is 1. The van der Waals surface area contributed by atoms with E-state index in [1.807, 2.05) is 0 Å². The summed E-state index contributed by atoms with van der Waals surface area (Å²) < 4.78 is 15.6. The molecule has 1 aromatic carbocycles. The van der Waals surface area contributed by atoms with Crippen LogP contribution in [0.3, 0.4) is 0 Å². The molecule has 1 N–H and O–H groups in total. The average Bonchev–Trinajstić information content (AvgIpc) is 3.34. The predicted octanol–water partition coefficient (Wildman–Crippen LogP) is 3.39. The Morgan fingerprint density at radius 3 is 2.71 bits per heavy atom. The van der Waals surface area contributed by atoms with Gasteiger partial charge in [0.2, 0.25) is 0 Å². The normalized spacial score (nSPS) is 10.4. The highest BCUT2D eigenvalue weighted by Gasteiger charge is 2.15. The van der Waals surface area contributed by atoms with E-state index in [0.29, 0.717) is 27.2 Å². The summed E-state index contributed by atoms with van der Waals surface area (Å²) in [6, 6.07) is 5.38. The first-order chi connectivity index (χ1) is 13.5. The largest absolute Gasteiger partial charge is 0.497 e. The van der Waals surface area contributed by atoms with Gasteiger partial charge in [0.15, 0.2) is 11.7 Å². The number of aryl methyl sites for hydroxylation is 1. The van der Waals surface area contributed by atoms with Crippen LogP contribution in [0.25, 0.3) is 11.3 Å². The van der Waals surface area contributed by atoms with Crippen LogP contribution in [0, 0.1) is 6.92 Å². The van der Waals surface area contributed by atoms with Crippen molar-refractivity contribution < 1.29 is 23.8 Å². The molecule has 0 bridgehead atoms. The van der Waals surface area contributed by atoms with Crippen LogP contribution in [0.5, 0.6) is 11.5 Å². The summed E-state index contributed by atoms with van der Waals surface area (Å²) in [5.41, 5.74) is 1.37. The Kier molecular flexibility index (Phi) is 6.22. The molecule has 2 aromatic heterocycles. The molecule has 0 saturated carbocycles. The lowest BCUT2D eigenvalue weighted by Crippen LogP contribution is -2.20. The fourth-order valence-corrected chi connectivity index (χ4v) is 3.68. The number of hydrogen-bond donors (Lipinski definition) is 1. The molecule has 0 saturated heterocycles. The number of hydrogen-bond acceptors (Lipinski definition) is 9. The van der Waals surface area contributed by atoms with E-state index < -0.39 is 18.5 Å². The van der Waals surface area contributed by atoms with Crippen molar-refractivity contribution in [2.45, 2.75) is 6.92 Å². The minimum absolute atomic E-state index is 0.354. The number of benzene rings is 1. The van der Waals surface area contributed by atoms with Crippen LogP contribution in [0.1, 0.15) is 14.7 Å². The molecule has 8 nitrogen and oxygen atoms in total. The highest BCUT2D eigenvalue weighted by atomic mass is 32.1. The van der Waals surface area contributed by atoms with Crippen molar-refractivity contribution in [3.63, 3.8) is 0 Å². The fraction of sp³-hybridized carbons (Fsp3) is 0.222. The lowest BCUT2D eigenvalue weighted by Gasteiger charge is -2.08. The quantitative estimate of drug-likeness (QED) is 0.586. The number of carbonyl (C=O) groups excluding carboxylic acids is 2. The van der Waals surface area contributed by atoms with Crippen LogP contribution in [-0.4, -0.2) is 42.7 Å². The lowest BCUT2D eigenvalue weighted by atomic mass is 10.1. The van der Waals surface area contributed by atoms with Crippen molar-refractivity contribution in [1.82, 2.24) is 9.97 Å². The van der Waals surface area contributed by atoms with Gasteiger partial charge in [0.05, 0.1) is 31.1 Å². The molecule has 0 aliphatic rings. The van der Waals surface area contributed by atoms with Crippen molar-refractivity contribution in [1.29, 1.82) is 0 Å². The van der Waals surface area contributed by atoms with E-state index >= 15 is 0 Å². The second-order valence-corrected chi connectivity index (χ2v) is 7.56. The van der Waals surface area contributed by atoms with E-state index in [9.17, 15) is 9.59 Å². The smallest absolute Gasteiger partial charge is 0.350 e. The number of ether oxygens (including phenoxy) is 3. The first kappa shape index (κ1) is 19.8. The summed E-state index contributed by atoms with van der Waals surface area (Å²) >= 11 is 2.46. The van der Waals surface area contributed by atoms with Crippen LogP contribution in [0.4, 0.5) is 5.13 Å². The summed E-state index contributed by atoms with van der Waals surface area (Å²) in [5, 5.41) is 5.54. The van der Waals surface area contributed by atoms with Crippen LogP contribution in [-0.2, 0) is 9.53 Å². The Bertz CT molecular complexity index is 999. The predicted molar refractivity (Wildman–Crippen MR) is 106 cm³/mol. The second-order valence-electron chi connectivity index (χ2n) is 5.47. The number of nitrogens with zero attached hydrogens (tertiary/aromatic N) is 2. The number of anilines is 1. The van der Waals surface area contributed by atoms with Crippen LogP contribution in [0.15, 0.2) is 29.8 Å². The Hall–Kier alpha value is -2.98. The zero-order valence-corrected chi connectivity index (χ0v) is 17.0. The van der Waals surface area contributed by atoms with Gasteiger partial charge >= 0.3 is 5.97 Å². The third-order valence-electron chi connectivity index (χ3n) is 3.59. The van der Waals surface area contributed by atoms with Crippen LogP contribution < -0.4 is 14.8 Å². The highest BCUT2D eigenvalue weighted by Crippen LogP contribution is 2.35. The third-order valence-corrected chi connectivity index (χ3v) is 5.24. The summed E-state index contributed by atoms with van der Waals surface area (Å²) in [7, 11) is 3.15. The Labute approximate surface area is 169 Å². The van der Waals surface area contributed by atoms with E-state index in [-0.39, 0.29) is 0 Å². The summed E-state index contributed by atoms with van der Waals surface area (Å²) in [6.45, 7) is 1.37. The molecule has 0 fully saturated rings. The number of thiazole rings is 2. The first-order valence-corrected chi connectivity index (χ1v) is 9.77. The molecule has 1 amide bonds. The van der Waals surface area contributed by atoms with Gasteiger partial charge in [-0.2, -0.15) is 0 Å². The van der Waals surface area contributed by atoms with Crippen LogP contribution >= 0.6 is 22.7 Å². The highest BCUT2D eigenvalue weighted by molar-refractivity contribution is 7.14. The number of nitrogens with one attached hydrogen (secondary N) is 1. The molecule has 0 aliphatic heterocycles. The van der Waals surface area contributed by atoms with E-state index in [1.165, 1.54) is 28.9 Å². The van der Waals surface area contributed by atoms with Crippen LogP contribution in [0.2, 0.25) is 0 Å². The Morgan fingerprint density at radius 2 is 2.04 bits per heavy atom. The molecule has 0 spiro atoms. The first-order valence-electron chi connectivity index (χ1n) is 8.07. The number of methoxy groups -OCH3 is 2. The van der Waals surface area contributed by atoms with Gasteiger partial charge in [-0.15, -0.1) is 22.7 Å². The molecule has 10 heteroatoms. The van der Waals surface area contributed by atoms with Gasteiger partial charge in [-0.05, 0) is 25.1 Å². The van der Waals surface area contributed by atoms with Gasteiger partial charge in [-0.25, -0.2) is 14.8 Å². The van der Waals surface area contributed by atoms with E-state index in [2.05, 4.69) is 15.3 Å². The SMILES string of the molecule is COc1ccc(OC)c(-c2csc(NC(=O)COC(=O)c3cnc(C)s3)n2)c1. The average molecular weight is 419 g/mol. The van der Waals surface area contributed by atoms with Gasteiger partial charge in [0.25, 0.3) is 5.91 Å². The molecule has 0 atom stereocenters. The molecule has 0 unspecified atom stereocenters. The van der Waals surface area contributed by atoms with Crippen molar-refractivity contribution >= 4 is 39.7 Å². The molecular weight excluding hydrogens is 402 g/mol. The number of carbonyl (C=O) groups is 2. The molecule has 3 aromatic rings. The summed E-state index contributed by atoms with van der Waals surface area (Å²) in [6.07, 6.45) is 1.43. The monoisotopic (exact) mass is 419 g/mol. The maximum absolute atomic E-state index is 12.0. The fourth-order valence-electron chi connectivity index (χ4n) is 2.28. The van der Waals surface area contributed by atoms with Gasteiger partial charge < -0.3 is 14.2 Å². The topological polar surface area (TPSA) is 99.6 Å². The molecular formula is C18H17N3O5S2. The number of rotatable bonds is 7. The number of amides is 1. The molecule has 28 heavy (non-hydrogen) atoms. The summed E-state index contributed by atoms with van der Waals surface area (Å²) in [4.78, 5) is 32.6. The molecule has 2 heterocycles. The lowest BCUT2D eigenvalue weighted by molar-refractivity contribution is -0.119. The van der Waals surface area contributed by atoms with Gasteiger partial charge in [0, 0.05) is 10.9 Å². The minimum Gasteiger partial charge on any atom is -0.497 e. The van der Waals surface area contributed by atoms with Gasteiger partial charge in [-0.3, -0.25) is 10.1 Å². The van der Waals surface area contributed by atoms with Crippen molar-refractivity contribution in [3.8, 4) is 22.8 Å². The molecule has 0 radical (unpaired) electrons. The van der Waals surface area contributed by atoms with E-state index in [0.717, 1.165) is 10.6 Å². The standard InChI is InChI=1S/C18H17N3O5S2/c1-10-19-7-15(28-10)17(23)26-8-16(22)21-18-20-13(9-27-18)12-6-11(24-2)4-5-14(12)25-3/h4-7,9H,8H2,1-3H3,(H,20,21,22). The maximum Gasteiger partial charge on any atom is 0.350 e. The zero-order chi connectivity index (χ0) is 20.1. The Morgan fingerprint density at radius 1 is 1.21 bits per heavy atom. The van der Waals surface area contributed by atoms with Crippen molar-refractivity contribution in [2.75, 3.05) is 26.1 Å². The minimum atomic E-state index is -0.582. The second kappa shape index (κ2) is 8.81. The molecule has 0 aliphatic carbocycles. The van der Waals surface area contributed by atoms with Crippen molar-refractivity contribution in [3.05, 3.63) is 39.7 Å². The molecule has 146 valence electrons. The Balaban J connectivity index is 1.63. The van der Waals surface area contributed by atoms with Gasteiger partial charge in [-0.1, -0.05) is 0 Å². The number of aromatic nitrogens is 2. The van der Waals surface area contributed by atoms with E-state index in [4.69, 9.17) is 14.2 Å². The molecule has 3 rings (SSSR count). The maximum atomic E-state index is 12.0. The third kappa shape index (κ3) is 4.65. The summed E-state index contributed by atoms with van der Waals surface area (Å²) in [5.74, 6) is 0.243. The van der Waals surface area contributed by atoms with Gasteiger partial charge in [0.1, 0.15) is 16.4 Å². The zero-order valence-electron chi connectivity index (χ0n) is 15.3.